The van der Waals surface area contributed by atoms with Crippen molar-refractivity contribution in [2.24, 2.45) is 5.92 Å². The van der Waals surface area contributed by atoms with E-state index >= 15 is 0 Å². The lowest BCUT2D eigenvalue weighted by molar-refractivity contribution is -0.122. The second-order valence-electron chi connectivity index (χ2n) is 5.06. The van der Waals surface area contributed by atoms with Gasteiger partial charge in [0.2, 0.25) is 0 Å². The average Bonchev–Trinajstić information content (AvgIpc) is 2.78. The van der Waals surface area contributed by atoms with E-state index in [2.05, 4.69) is 21.9 Å². The number of rotatable bonds is 5. The van der Waals surface area contributed by atoms with E-state index in [-0.39, 0.29) is 5.92 Å². The third-order valence-electron chi connectivity index (χ3n) is 3.66. The van der Waals surface area contributed by atoms with Gasteiger partial charge in [-0.25, -0.2) is 9.67 Å². The Kier molecular flexibility index (Phi) is 4.47. The molecule has 1 aliphatic rings. The van der Waals surface area contributed by atoms with E-state index in [0.717, 1.165) is 51.3 Å². The zero-order valence-electron chi connectivity index (χ0n) is 11.3. The molecular weight excluding hydrogens is 228 g/mol. The van der Waals surface area contributed by atoms with E-state index in [0.29, 0.717) is 5.78 Å². The Hall–Kier alpha value is -1.23. The van der Waals surface area contributed by atoms with Gasteiger partial charge in [-0.1, -0.05) is 6.92 Å². The summed E-state index contributed by atoms with van der Waals surface area (Å²) in [6.07, 6.45) is 4.67. The van der Waals surface area contributed by atoms with Gasteiger partial charge in [-0.05, 0) is 39.3 Å². The Morgan fingerprint density at radius 3 is 2.78 bits per heavy atom. The zero-order valence-corrected chi connectivity index (χ0v) is 11.3. The van der Waals surface area contributed by atoms with Crippen molar-refractivity contribution in [3.63, 3.8) is 0 Å². The molecule has 1 saturated heterocycles. The summed E-state index contributed by atoms with van der Waals surface area (Å²) >= 11 is 0. The summed E-state index contributed by atoms with van der Waals surface area (Å²) in [5.74, 6) is 1.65. The first kappa shape index (κ1) is 13.2. The van der Waals surface area contributed by atoms with Gasteiger partial charge in [-0.3, -0.25) is 9.69 Å². The monoisotopic (exact) mass is 250 g/mol. The van der Waals surface area contributed by atoms with Crippen molar-refractivity contribution in [2.75, 3.05) is 13.1 Å². The minimum absolute atomic E-state index is 0.273. The molecule has 1 fully saturated rings. The third-order valence-corrected chi connectivity index (χ3v) is 3.66. The van der Waals surface area contributed by atoms with Gasteiger partial charge < -0.3 is 0 Å². The van der Waals surface area contributed by atoms with Crippen LogP contribution in [0, 0.1) is 5.92 Å². The summed E-state index contributed by atoms with van der Waals surface area (Å²) in [5, 5.41) is 4.24. The molecule has 0 atom stereocenters. The summed E-state index contributed by atoms with van der Waals surface area (Å²) in [6, 6.07) is 0. The minimum Gasteiger partial charge on any atom is -0.300 e. The van der Waals surface area contributed by atoms with E-state index in [1.54, 1.807) is 13.3 Å². The molecule has 0 unspecified atom stereocenters. The summed E-state index contributed by atoms with van der Waals surface area (Å²) in [5.41, 5.74) is 0. The number of nitrogens with zero attached hydrogens (tertiary/aromatic N) is 4. The number of Topliss-reactive ketones (excluding diaryl/α,β-unsaturated/α-hetero) is 1. The van der Waals surface area contributed by atoms with Crippen LogP contribution >= 0.6 is 0 Å². The Labute approximate surface area is 108 Å². The van der Waals surface area contributed by atoms with E-state index in [4.69, 9.17) is 0 Å². The van der Waals surface area contributed by atoms with Crippen LogP contribution in [0.5, 0.6) is 0 Å². The van der Waals surface area contributed by atoms with Gasteiger partial charge in [0.15, 0.2) is 0 Å². The Bertz CT molecular complexity index is 393. The van der Waals surface area contributed by atoms with Gasteiger partial charge >= 0.3 is 0 Å². The number of carbonyl (C=O) groups excluding carboxylic acids is 1. The molecule has 0 N–H and O–H groups in total. The first-order valence-electron chi connectivity index (χ1n) is 6.80. The first-order chi connectivity index (χ1) is 8.70. The second-order valence-corrected chi connectivity index (χ2v) is 5.06. The normalized spacial score (nSPS) is 18.1. The smallest absolute Gasteiger partial charge is 0.141 e. The van der Waals surface area contributed by atoms with Gasteiger partial charge in [0.05, 0.1) is 6.54 Å². The Balaban J connectivity index is 1.87. The first-order valence-corrected chi connectivity index (χ1v) is 6.80. The average molecular weight is 250 g/mol. The molecule has 0 saturated carbocycles. The highest BCUT2D eigenvalue weighted by Crippen LogP contribution is 2.19. The van der Waals surface area contributed by atoms with Crippen molar-refractivity contribution in [3.05, 3.63) is 12.2 Å². The van der Waals surface area contributed by atoms with Crippen LogP contribution in [0.25, 0.3) is 0 Å². The quantitative estimate of drug-likeness (QED) is 0.794. The maximum Gasteiger partial charge on any atom is 0.141 e. The van der Waals surface area contributed by atoms with Crippen molar-refractivity contribution < 1.29 is 4.79 Å². The van der Waals surface area contributed by atoms with Crippen LogP contribution in [-0.2, 0) is 17.9 Å². The summed E-state index contributed by atoms with van der Waals surface area (Å²) < 4.78 is 1.98. The predicted molar refractivity (Wildman–Crippen MR) is 69.0 cm³/mol. The van der Waals surface area contributed by atoms with Gasteiger partial charge in [0.1, 0.15) is 17.9 Å². The molecule has 5 heteroatoms. The van der Waals surface area contributed by atoms with Crippen LogP contribution < -0.4 is 0 Å². The molecule has 1 aliphatic heterocycles. The van der Waals surface area contributed by atoms with Crippen LogP contribution in [0.1, 0.15) is 38.9 Å². The van der Waals surface area contributed by atoms with E-state index in [1.165, 1.54) is 0 Å². The molecule has 0 amide bonds. The molecule has 0 aromatic carbocycles. The molecule has 1 aromatic heterocycles. The lowest BCUT2D eigenvalue weighted by Gasteiger charge is -2.30. The highest BCUT2D eigenvalue weighted by atomic mass is 16.1. The van der Waals surface area contributed by atoms with E-state index in [1.807, 2.05) is 4.68 Å². The number of aromatic nitrogens is 3. The van der Waals surface area contributed by atoms with Crippen molar-refractivity contribution >= 4 is 5.78 Å². The molecule has 0 bridgehead atoms. The van der Waals surface area contributed by atoms with Crippen molar-refractivity contribution in [3.8, 4) is 0 Å². The van der Waals surface area contributed by atoms with Crippen LogP contribution in [0.2, 0.25) is 0 Å². The largest absolute Gasteiger partial charge is 0.300 e. The number of likely N-dealkylation sites (tertiary alicyclic amines) is 1. The maximum absolute atomic E-state index is 11.3. The standard InChI is InChI=1S/C13H22N4O/c1-3-6-17-13(14-10-15-17)9-16-7-4-12(5-8-16)11(2)18/h10,12H,3-9H2,1-2H3. The molecule has 0 aliphatic carbocycles. The molecule has 1 aromatic rings. The SMILES string of the molecule is CCCn1ncnc1CN1CCC(C(C)=O)CC1. The number of hydrogen-bond acceptors (Lipinski definition) is 4. The molecule has 2 rings (SSSR count). The molecule has 2 heterocycles. The topological polar surface area (TPSA) is 51.0 Å². The fourth-order valence-corrected chi connectivity index (χ4v) is 2.51. The molecule has 18 heavy (non-hydrogen) atoms. The summed E-state index contributed by atoms with van der Waals surface area (Å²) in [7, 11) is 0. The molecular formula is C13H22N4O. The number of piperidine rings is 1. The molecule has 100 valence electrons. The fourth-order valence-electron chi connectivity index (χ4n) is 2.51. The van der Waals surface area contributed by atoms with Gasteiger partial charge in [-0.2, -0.15) is 5.10 Å². The molecule has 0 spiro atoms. The summed E-state index contributed by atoms with van der Waals surface area (Å²) in [4.78, 5) is 18.0. The number of carbonyl (C=O) groups is 1. The van der Waals surface area contributed by atoms with Crippen LogP contribution in [-0.4, -0.2) is 38.5 Å². The Morgan fingerprint density at radius 1 is 1.44 bits per heavy atom. The lowest BCUT2D eigenvalue weighted by Crippen LogP contribution is -2.36. The van der Waals surface area contributed by atoms with Gasteiger partial charge in [-0.15, -0.1) is 0 Å². The third kappa shape index (κ3) is 3.16. The van der Waals surface area contributed by atoms with Crippen molar-refractivity contribution in [2.45, 2.75) is 46.2 Å². The van der Waals surface area contributed by atoms with Crippen LogP contribution in [0.15, 0.2) is 6.33 Å². The minimum atomic E-state index is 0.273. The van der Waals surface area contributed by atoms with Crippen molar-refractivity contribution in [1.82, 2.24) is 19.7 Å². The van der Waals surface area contributed by atoms with Crippen LogP contribution in [0.3, 0.4) is 0 Å². The van der Waals surface area contributed by atoms with Crippen LogP contribution in [0.4, 0.5) is 0 Å². The van der Waals surface area contributed by atoms with E-state index in [9.17, 15) is 4.79 Å². The lowest BCUT2D eigenvalue weighted by atomic mass is 9.93. The zero-order chi connectivity index (χ0) is 13.0. The number of aryl methyl sites for hydroxylation is 1. The molecule has 0 radical (unpaired) electrons. The number of ketones is 1. The van der Waals surface area contributed by atoms with Crippen molar-refractivity contribution in [1.29, 1.82) is 0 Å². The maximum atomic E-state index is 11.3. The predicted octanol–water partition coefficient (Wildman–Crippen LogP) is 1.49. The highest BCUT2D eigenvalue weighted by Gasteiger charge is 2.23. The molecule has 5 nitrogen and oxygen atoms in total. The highest BCUT2D eigenvalue weighted by molar-refractivity contribution is 5.78. The number of hydrogen-bond donors (Lipinski definition) is 0. The fraction of sp³-hybridized carbons (Fsp3) is 0.769. The second kappa shape index (κ2) is 6.09. The summed E-state index contributed by atoms with van der Waals surface area (Å²) in [6.45, 7) is 7.61. The van der Waals surface area contributed by atoms with E-state index < -0.39 is 0 Å². The van der Waals surface area contributed by atoms with Gasteiger partial charge in [0, 0.05) is 12.5 Å². The Morgan fingerprint density at radius 2 is 2.17 bits per heavy atom. The van der Waals surface area contributed by atoms with Gasteiger partial charge in [0.25, 0.3) is 0 Å².